The van der Waals surface area contributed by atoms with E-state index in [9.17, 15) is 4.79 Å². The molecule has 1 amide bonds. The van der Waals surface area contributed by atoms with Crippen LogP contribution in [0.3, 0.4) is 0 Å². The van der Waals surface area contributed by atoms with Crippen LogP contribution in [0.5, 0.6) is 11.5 Å². The van der Waals surface area contributed by atoms with Crippen LogP contribution >= 0.6 is 0 Å². The molecule has 7 nitrogen and oxygen atoms in total. The molecule has 0 unspecified atom stereocenters. The zero-order valence-corrected chi connectivity index (χ0v) is 15.3. The largest absolute Gasteiger partial charge is 0.497 e. The smallest absolute Gasteiger partial charge is 0.259 e. The summed E-state index contributed by atoms with van der Waals surface area (Å²) in [6.07, 6.45) is 2.20. The number of rotatable bonds is 7. The Balaban J connectivity index is 1.42. The van der Waals surface area contributed by atoms with Gasteiger partial charge in [-0.1, -0.05) is 11.2 Å². The highest BCUT2D eigenvalue weighted by Gasteiger charge is 2.28. The zero-order chi connectivity index (χ0) is 18.8. The Kier molecular flexibility index (Phi) is 4.66. The summed E-state index contributed by atoms with van der Waals surface area (Å²) < 4.78 is 16.1. The van der Waals surface area contributed by atoms with Crippen molar-refractivity contribution in [3.8, 4) is 11.5 Å². The van der Waals surface area contributed by atoms with E-state index in [1.807, 2.05) is 31.2 Å². The highest BCUT2D eigenvalue weighted by molar-refractivity contribution is 6.06. The molecular weight excluding hydrogens is 346 g/mol. The first-order chi connectivity index (χ1) is 13.2. The molecule has 7 heteroatoms. The molecule has 0 spiro atoms. The number of hydrogen-bond acceptors (Lipinski definition) is 6. The van der Waals surface area contributed by atoms with Crippen molar-refractivity contribution in [3.63, 3.8) is 0 Å². The van der Waals surface area contributed by atoms with E-state index in [0.29, 0.717) is 47.2 Å². The summed E-state index contributed by atoms with van der Waals surface area (Å²) in [6.45, 7) is 2.54. The minimum absolute atomic E-state index is 0.176. The van der Waals surface area contributed by atoms with Crippen molar-refractivity contribution >= 4 is 17.0 Å². The number of benzene rings is 1. The lowest BCUT2D eigenvalue weighted by atomic mass is 10.1. The first-order valence-electron chi connectivity index (χ1n) is 8.97. The summed E-state index contributed by atoms with van der Waals surface area (Å²) in [4.78, 5) is 17.2. The van der Waals surface area contributed by atoms with E-state index in [-0.39, 0.29) is 5.91 Å². The Morgan fingerprint density at radius 3 is 2.89 bits per heavy atom. The lowest BCUT2D eigenvalue weighted by molar-refractivity contribution is 0.0948. The molecule has 0 bridgehead atoms. The van der Waals surface area contributed by atoms with Gasteiger partial charge in [0.2, 0.25) is 0 Å². The van der Waals surface area contributed by atoms with Crippen LogP contribution in [0.25, 0.3) is 11.1 Å². The molecule has 2 heterocycles. The monoisotopic (exact) mass is 367 g/mol. The van der Waals surface area contributed by atoms with Crippen LogP contribution in [0, 0.1) is 6.92 Å². The molecule has 1 fully saturated rings. The van der Waals surface area contributed by atoms with Crippen molar-refractivity contribution in [1.29, 1.82) is 0 Å². The van der Waals surface area contributed by atoms with Crippen LogP contribution in [0.4, 0.5) is 0 Å². The Morgan fingerprint density at radius 1 is 1.30 bits per heavy atom. The first kappa shape index (κ1) is 17.3. The van der Waals surface area contributed by atoms with E-state index in [1.165, 1.54) is 0 Å². The Morgan fingerprint density at radius 2 is 2.11 bits per heavy atom. The molecule has 1 aliphatic rings. The van der Waals surface area contributed by atoms with E-state index < -0.39 is 0 Å². The number of hydrogen-bond donors (Lipinski definition) is 1. The standard InChI is InChI=1S/C20H21N3O4/c1-12-18-16(11-17(13-6-7-13)22-20(18)27-23-12)19(24)21-8-9-26-15-5-3-4-14(10-15)25-2/h3-5,10-11,13H,6-9H2,1-2H3,(H,21,24). The maximum Gasteiger partial charge on any atom is 0.259 e. The average Bonchev–Trinajstić information content (AvgIpc) is 3.48. The molecule has 0 saturated heterocycles. The van der Waals surface area contributed by atoms with Crippen LogP contribution in [0.1, 0.15) is 40.5 Å². The number of fused-ring (bicyclic) bond motifs is 1. The normalized spacial score (nSPS) is 13.6. The summed E-state index contributed by atoms with van der Waals surface area (Å²) in [5, 5.41) is 7.53. The molecule has 27 heavy (non-hydrogen) atoms. The third-order valence-corrected chi connectivity index (χ3v) is 4.57. The van der Waals surface area contributed by atoms with Gasteiger partial charge in [-0.05, 0) is 38.0 Å². The number of carbonyl (C=O) groups excluding carboxylic acids is 1. The van der Waals surface area contributed by atoms with Crippen molar-refractivity contribution < 1.29 is 18.8 Å². The van der Waals surface area contributed by atoms with Gasteiger partial charge in [-0.3, -0.25) is 4.79 Å². The summed E-state index contributed by atoms with van der Waals surface area (Å²) in [7, 11) is 1.61. The number of aryl methyl sites for hydroxylation is 1. The average molecular weight is 367 g/mol. The van der Waals surface area contributed by atoms with Crippen molar-refractivity contribution in [2.75, 3.05) is 20.3 Å². The zero-order valence-electron chi connectivity index (χ0n) is 15.3. The van der Waals surface area contributed by atoms with Gasteiger partial charge in [0.1, 0.15) is 18.1 Å². The first-order valence-corrected chi connectivity index (χ1v) is 8.97. The van der Waals surface area contributed by atoms with Crippen LogP contribution < -0.4 is 14.8 Å². The topological polar surface area (TPSA) is 86.5 Å². The number of methoxy groups -OCH3 is 1. The Labute approximate surface area is 156 Å². The molecule has 1 saturated carbocycles. The van der Waals surface area contributed by atoms with E-state index in [1.54, 1.807) is 13.2 Å². The Hall–Kier alpha value is -3.09. The molecule has 1 aliphatic carbocycles. The van der Waals surface area contributed by atoms with Crippen LogP contribution in [0.15, 0.2) is 34.9 Å². The molecule has 3 aromatic rings. The molecule has 0 atom stereocenters. The minimum Gasteiger partial charge on any atom is -0.497 e. The molecular formula is C20H21N3O4. The number of nitrogens with one attached hydrogen (secondary N) is 1. The fraction of sp³-hybridized carbons (Fsp3) is 0.350. The predicted octanol–water partition coefficient (Wildman–Crippen LogP) is 3.23. The number of pyridine rings is 1. The highest BCUT2D eigenvalue weighted by atomic mass is 16.5. The molecule has 0 radical (unpaired) electrons. The number of carbonyl (C=O) groups is 1. The van der Waals surface area contributed by atoms with Crippen LogP contribution in [0.2, 0.25) is 0 Å². The van der Waals surface area contributed by atoms with E-state index >= 15 is 0 Å². The second-order valence-electron chi connectivity index (χ2n) is 6.60. The number of ether oxygens (including phenoxy) is 2. The molecule has 0 aliphatic heterocycles. The quantitative estimate of drug-likeness (QED) is 0.645. The van der Waals surface area contributed by atoms with Gasteiger partial charge in [-0.25, -0.2) is 4.98 Å². The molecule has 1 N–H and O–H groups in total. The second kappa shape index (κ2) is 7.26. The van der Waals surface area contributed by atoms with E-state index in [4.69, 9.17) is 14.0 Å². The predicted molar refractivity (Wildman–Crippen MR) is 99.3 cm³/mol. The number of amides is 1. The lowest BCUT2D eigenvalue weighted by Gasteiger charge is -2.10. The summed E-state index contributed by atoms with van der Waals surface area (Å²) in [6, 6.07) is 9.22. The molecule has 2 aromatic heterocycles. The van der Waals surface area contributed by atoms with Gasteiger partial charge in [0.05, 0.1) is 30.3 Å². The second-order valence-corrected chi connectivity index (χ2v) is 6.60. The van der Waals surface area contributed by atoms with Crippen molar-refractivity contribution in [1.82, 2.24) is 15.5 Å². The maximum atomic E-state index is 12.7. The van der Waals surface area contributed by atoms with E-state index in [0.717, 1.165) is 24.3 Å². The third-order valence-electron chi connectivity index (χ3n) is 4.57. The SMILES string of the molecule is COc1cccc(OCCNC(=O)c2cc(C3CC3)nc3onc(C)c23)c1. The lowest BCUT2D eigenvalue weighted by Crippen LogP contribution is -2.28. The van der Waals surface area contributed by atoms with Gasteiger partial charge in [0, 0.05) is 17.7 Å². The van der Waals surface area contributed by atoms with Crippen molar-refractivity contribution in [2.45, 2.75) is 25.7 Å². The van der Waals surface area contributed by atoms with Gasteiger partial charge in [0.15, 0.2) is 0 Å². The molecule has 4 rings (SSSR count). The third kappa shape index (κ3) is 3.72. The minimum atomic E-state index is -0.176. The molecule has 1 aromatic carbocycles. The van der Waals surface area contributed by atoms with Crippen molar-refractivity contribution in [2.24, 2.45) is 0 Å². The molecule has 140 valence electrons. The van der Waals surface area contributed by atoms with E-state index in [2.05, 4.69) is 15.5 Å². The van der Waals surface area contributed by atoms with Gasteiger partial charge in [-0.15, -0.1) is 0 Å². The highest BCUT2D eigenvalue weighted by Crippen LogP contribution is 2.40. The summed E-state index contributed by atoms with van der Waals surface area (Å²) >= 11 is 0. The van der Waals surface area contributed by atoms with Crippen LogP contribution in [-0.4, -0.2) is 36.3 Å². The van der Waals surface area contributed by atoms with Gasteiger partial charge < -0.3 is 19.3 Å². The number of aromatic nitrogens is 2. The number of nitrogens with zero attached hydrogens (tertiary/aromatic N) is 2. The Bertz CT molecular complexity index is 979. The fourth-order valence-corrected chi connectivity index (χ4v) is 3.00. The van der Waals surface area contributed by atoms with Crippen LogP contribution in [-0.2, 0) is 0 Å². The summed E-state index contributed by atoms with van der Waals surface area (Å²) in [5.74, 6) is 1.67. The van der Waals surface area contributed by atoms with Gasteiger partial charge >= 0.3 is 0 Å². The maximum absolute atomic E-state index is 12.7. The summed E-state index contributed by atoms with van der Waals surface area (Å²) in [5.41, 5.74) is 2.55. The van der Waals surface area contributed by atoms with Gasteiger partial charge in [-0.2, -0.15) is 0 Å². The van der Waals surface area contributed by atoms with Gasteiger partial charge in [0.25, 0.3) is 11.6 Å². The fourth-order valence-electron chi connectivity index (χ4n) is 3.00. The van der Waals surface area contributed by atoms with Crippen molar-refractivity contribution in [3.05, 3.63) is 47.3 Å².